The van der Waals surface area contributed by atoms with E-state index < -0.39 is 96.1 Å². The molecule has 1 saturated heterocycles. The van der Waals surface area contributed by atoms with Crippen molar-refractivity contribution in [3.63, 3.8) is 0 Å². The summed E-state index contributed by atoms with van der Waals surface area (Å²) in [4.78, 5) is 122. The van der Waals surface area contributed by atoms with Crippen LogP contribution in [0.4, 0.5) is 0 Å². The molecule has 4 amide bonds. The minimum atomic E-state index is -1.55. The Kier molecular flexibility index (Phi) is 24.1. The van der Waals surface area contributed by atoms with E-state index in [9.17, 15) is 38.4 Å². The van der Waals surface area contributed by atoms with Crippen LogP contribution in [-0.4, -0.2) is 163 Å². The second-order valence-corrected chi connectivity index (χ2v) is 24.0. The van der Waals surface area contributed by atoms with Crippen molar-refractivity contribution in [3.8, 4) is 0 Å². The van der Waals surface area contributed by atoms with Gasteiger partial charge in [-0.05, 0) is 85.5 Å². The van der Waals surface area contributed by atoms with Gasteiger partial charge in [0, 0.05) is 53.4 Å². The highest BCUT2D eigenvalue weighted by molar-refractivity contribution is 6.30. The summed E-state index contributed by atoms with van der Waals surface area (Å²) in [5, 5.41) is 9.44. The molecule has 8 atom stereocenters. The lowest BCUT2D eigenvalue weighted by atomic mass is 9.99. The van der Waals surface area contributed by atoms with Gasteiger partial charge in [-0.1, -0.05) is 127 Å². The normalized spacial score (nSPS) is 23.0. The molecule has 82 heavy (non-hydrogen) atoms. The maximum atomic E-state index is 15.0. The summed E-state index contributed by atoms with van der Waals surface area (Å²) >= 11 is 12.2. The standard InChI is InChI=1S/C60H82Cl2N8O12/c1-35(2)23-47-57(75)79-39(9)53(71)65(11)50(26-38(7)8)60(78)82-52(28-42-17-21-44(22-18-42)32-70-34-46(62)30-64-70)56(74)68(14)48(24-36(3)4)58(76)80-40(10)54(72)66(12)49(25-37(5)6)59(77)81-51(55(73)67(47)13)27-41-15-19-43(20-16-41)31-69-33-45(61)29-63-69/h15-22,29-30,33-40,47-52H,23-28,31-32H2,1-14H3/t39-,40-,47+,48+,49+,50+,51-,52-/m1/s1. The number of ether oxygens (including phenoxy) is 4. The van der Waals surface area contributed by atoms with Gasteiger partial charge in [0.15, 0.2) is 24.4 Å². The number of rotatable bonds is 16. The first kappa shape index (κ1) is 66.0. The average Bonchev–Trinajstić information content (AvgIpc) is 4.03. The van der Waals surface area contributed by atoms with E-state index in [0.717, 1.165) is 30.7 Å². The monoisotopic (exact) mass is 1180 g/mol. The van der Waals surface area contributed by atoms with Crippen LogP contribution in [0.3, 0.4) is 0 Å². The Labute approximate surface area is 492 Å². The van der Waals surface area contributed by atoms with Crippen molar-refractivity contribution < 1.29 is 57.3 Å². The molecule has 0 aliphatic carbocycles. The number of aromatic nitrogens is 4. The van der Waals surface area contributed by atoms with Crippen LogP contribution in [0.15, 0.2) is 73.3 Å². The second-order valence-electron chi connectivity index (χ2n) is 23.1. The van der Waals surface area contributed by atoms with Crippen molar-refractivity contribution >= 4 is 70.7 Å². The number of cyclic esters (lactones) is 4. The third-order valence-corrected chi connectivity index (χ3v) is 14.6. The van der Waals surface area contributed by atoms with Crippen LogP contribution >= 0.6 is 23.2 Å². The van der Waals surface area contributed by atoms with Crippen molar-refractivity contribution in [1.29, 1.82) is 0 Å². The quantitative estimate of drug-likeness (QED) is 0.0785. The predicted molar refractivity (Wildman–Crippen MR) is 308 cm³/mol. The highest BCUT2D eigenvalue weighted by Gasteiger charge is 2.43. The molecule has 3 heterocycles. The highest BCUT2D eigenvalue weighted by atomic mass is 35.5. The maximum absolute atomic E-state index is 15.0. The zero-order valence-corrected chi connectivity index (χ0v) is 51.3. The van der Waals surface area contributed by atoms with Crippen molar-refractivity contribution in [2.75, 3.05) is 28.2 Å². The third-order valence-electron chi connectivity index (χ3n) is 14.3. The van der Waals surface area contributed by atoms with E-state index in [2.05, 4.69) is 10.2 Å². The molecule has 22 heteroatoms. The molecule has 1 fully saturated rings. The van der Waals surface area contributed by atoms with Crippen LogP contribution in [0.1, 0.15) is 117 Å². The van der Waals surface area contributed by atoms with Crippen LogP contribution in [0.25, 0.3) is 0 Å². The zero-order valence-electron chi connectivity index (χ0n) is 49.7. The Morgan fingerprint density at radius 3 is 0.927 bits per heavy atom. The maximum Gasteiger partial charge on any atom is 0.329 e. The number of carbonyl (C=O) groups excluding carboxylic acids is 8. The Balaban J connectivity index is 1.59. The van der Waals surface area contributed by atoms with Gasteiger partial charge < -0.3 is 38.5 Å². The first-order valence-electron chi connectivity index (χ1n) is 27.9. The number of likely N-dealkylation sites (N-methyl/N-ethyl adjacent to an activating group) is 4. The molecule has 448 valence electrons. The van der Waals surface area contributed by atoms with Crippen LogP contribution in [0.2, 0.25) is 10.0 Å². The largest absolute Gasteiger partial charge is 0.451 e. The Morgan fingerprint density at radius 2 is 0.671 bits per heavy atom. The zero-order chi connectivity index (χ0) is 60.9. The lowest BCUT2D eigenvalue weighted by molar-refractivity contribution is -0.176. The number of hydrogen-bond acceptors (Lipinski definition) is 14. The molecule has 0 spiro atoms. The first-order chi connectivity index (χ1) is 38.5. The van der Waals surface area contributed by atoms with E-state index in [-0.39, 0.29) is 62.2 Å². The topological polar surface area (TPSA) is 222 Å². The van der Waals surface area contributed by atoms with Crippen molar-refractivity contribution in [3.05, 3.63) is 106 Å². The Bertz CT molecular complexity index is 2630. The summed E-state index contributed by atoms with van der Waals surface area (Å²) in [6, 6.07) is 9.22. The molecule has 2 aromatic carbocycles. The highest BCUT2D eigenvalue weighted by Crippen LogP contribution is 2.25. The van der Waals surface area contributed by atoms with Crippen LogP contribution in [0.5, 0.6) is 0 Å². The summed E-state index contributed by atoms with van der Waals surface area (Å²) in [7, 11) is 5.52. The number of nitrogens with zero attached hydrogens (tertiary/aromatic N) is 8. The molecule has 1 aliphatic rings. The van der Waals surface area contributed by atoms with E-state index in [1.165, 1.54) is 54.4 Å². The molecular formula is C60H82Cl2N8O12. The number of carbonyl (C=O) groups is 8. The molecule has 0 saturated carbocycles. The van der Waals surface area contributed by atoms with Crippen LogP contribution in [-0.2, 0) is 83.2 Å². The minimum Gasteiger partial charge on any atom is -0.451 e. The minimum absolute atomic E-state index is 0.0700. The SMILES string of the molecule is CC(C)C[C@H]1C(=O)O[C@H](Cc2ccc(Cn3cc(Cl)cn3)cc2)C(=O)N(C)[C@@H](CC(C)C)C(=O)O[C@H](C)C(=O)N(C)[C@@H](CC(C)C)C(=O)O[C@H](Cc2ccc(Cn3cc(Cl)cn3)cc2)C(=O)N(C)[C@@H](CC(C)C)C(=O)O[C@H](C)C(=O)N1C. The van der Waals surface area contributed by atoms with Gasteiger partial charge in [0.2, 0.25) is 0 Å². The number of esters is 4. The molecule has 4 aromatic rings. The van der Waals surface area contributed by atoms with Gasteiger partial charge in [-0.3, -0.25) is 28.5 Å². The fourth-order valence-electron chi connectivity index (χ4n) is 9.69. The van der Waals surface area contributed by atoms with Gasteiger partial charge in [0.25, 0.3) is 23.6 Å². The van der Waals surface area contributed by atoms with Crippen molar-refractivity contribution in [1.82, 2.24) is 39.2 Å². The predicted octanol–water partition coefficient (Wildman–Crippen LogP) is 7.46. The molecular weight excluding hydrogens is 1100 g/mol. The molecule has 20 nitrogen and oxygen atoms in total. The second kappa shape index (κ2) is 30.0. The summed E-state index contributed by atoms with van der Waals surface area (Å²) in [6.07, 6.45) is 0.276. The Morgan fingerprint density at radius 1 is 0.415 bits per heavy atom. The molecule has 1 aliphatic heterocycles. The molecule has 5 rings (SSSR count). The van der Waals surface area contributed by atoms with Crippen LogP contribution in [0, 0.1) is 23.7 Å². The number of hydrogen-bond donors (Lipinski definition) is 0. The van der Waals surface area contributed by atoms with Crippen LogP contribution < -0.4 is 0 Å². The average molecular weight is 1180 g/mol. The number of benzene rings is 2. The van der Waals surface area contributed by atoms with E-state index in [4.69, 9.17) is 42.1 Å². The molecule has 0 N–H and O–H groups in total. The van der Waals surface area contributed by atoms with Gasteiger partial charge >= 0.3 is 23.9 Å². The molecule has 0 radical (unpaired) electrons. The van der Waals surface area contributed by atoms with Gasteiger partial charge in [-0.15, -0.1) is 0 Å². The van der Waals surface area contributed by atoms with E-state index in [0.29, 0.717) is 34.3 Å². The van der Waals surface area contributed by atoms with E-state index in [1.807, 2.05) is 79.7 Å². The van der Waals surface area contributed by atoms with Crippen molar-refractivity contribution in [2.45, 2.75) is 169 Å². The van der Waals surface area contributed by atoms with Gasteiger partial charge in [0.1, 0.15) is 24.2 Å². The number of halogens is 2. The van der Waals surface area contributed by atoms with Gasteiger partial charge in [-0.25, -0.2) is 19.2 Å². The summed E-state index contributed by atoms with van der Waals surface area (Å²) in [5.74, 6) is -7.59. The lowest BCUT2D eigenvalue weighted by Gasteiger charge is -2.35. The lowest BCUT2D eigenvalue weighted by Crippen LogP contribution is -2.55. The van der Waals surface area contributed by atoms with E-state index in [1.54, 1.807) is 46.0 Å². The summed E-state index contributed by atoms with van der Waals surface area (Å²) < 4.78 is 27.5. The third kappa shape index (κ3) is 18.6. The first-order valence-corrected chi connectivity index (χ1v) is 28.7. The summed E-state index contributed by atoms with van der Waals surface area (Å²) in [5.41, 5.74) is 2.90. The fourth-order valence-corrected chi connectivity index (χ4v) is 10.0. The van der Waals surface area contributed by atoms with Crippen molar-refractivity contribution in [2.24, 2.45) is 23.7 Å². The molecule has 2 aromatic heterocycles. The van der Waals surface area contributed by atoms with E-state index >= 15 is 0 Å². The molecule has 0 bridgehead atoms. The van der Waals surface area contributed by atoms with Gasteiger partial charge in [-0.2, -0.15) is 10.2 Å². The smallest absolute Gasteiger partial charge is 0.329 e. The fraction of sp³-hybridized carbons (Fsp3) is 0.567. The van der Waals surface area contributed by atoms with Gasteiger partial charge in [0.05, 0.1) is 35.5 Å². The molecule has 0 unspecified atom stereocenters. The Hall–Kier alpha value is -6.80. The number of amides is 4. The summed E-state index contributed by atoms with van der Waals surface area (Å²) in [6.45, 7) is 18.2.